The van der Waals surface area contributed by atoms with Gasteiger partial charge >= 0.3 is 12.2 Å². The predicted octanol–water partition coefficient (Wildman–Crippen LogP) is 2.84. The monoisotopic (exact) mass is 293 g/mol. The maximum absolute atomic E-state index is 11.5. The van der Waals surface area contributed by atoms with Crippen molar-refractivity contribution in [2.75, 3.05) is 0 Å². The molecule has 0 aliphatic carbocycles. The molecule has 0 rings (SSSR count). The third kappa shape index (κ3) is 8.25. The zero-order valence-corrected chi connectivity index (χ0v) is 12.7. The second-order valence-corrected chi connectivity index (χ2v) is 6.07. The summed E-state index contributed by atoms with van der Waals surface area (Å²) in [6.45, 7) is 9.97. The Morgan fingerprint density at radius 1 is 1.05 bits per heavy atom. The number of amides is 2. The van der Waals surface area contributed by atoms with Crippen LogP contribution in [0.4, 0.5) is 9.59 Å². The Labute approximate surface area is 117 Å². The molecule has 0 aromatic heterocycles. The van der Waals surface area contributed by atoms with Gasteiger partial charge in [-0.05, 0) is 41.5 Å². The number of carbonyl (C=O) groups is 2. The number of guanidine groups is 1. The van der Waals surface area contributed by atoms with Gasteiger partial charge in [0.05, 0.1) is 0 Å². The van der Waals surface area contributed by atoms with Crippen molar-refractivity contribution in [3.8, 4) is 0 Å². The Balaban J connectivity index is 4.43. The zero-order valence-electron chi connectivity index (χ0n) is 12.0. The molecule has 0 atom stereocenters. The molecular formula is C11H20ClN3O4. The smallest absolute Gasteiger partial charge is 0.432 e. The molecule has 0 bridgehead atoms. The van der Waals surface area contributed by atoms with Crippen LogP contribution in [0.25, 0.3) is 0 Å². The lowest BCUT2D eigenvalue weighted by atomic mass is 10.2. The van der Waals surface area contributed by atoms with Crippen LogP contribution >= 0.6 is 11.8 Å². The Bertz CT molecular complexity index is 371. The van der Waals surface area contributed by atoms with E-state index in [1.54, 1.807) is 41.5 Å². The van der Waals surface area contributed by atoms with E-state index in [0.717, 1.165) is 0 Å². The Morgan fingerprint density at radius 3 is 1.84 bits per heavy atom. The van der Waals surface area contributed by atoms with Crippen molar-refractivity contribution >= 4 is 29.9 Å². The van der Waals surface area contributed by atoms with Gasteiger partial charge in [0.15, 0.2) is 0 Å². The summed E-state index contributed by atoms with van der Waals surface area (Å²) in [5.74, 6) is -0.648. The van der Waals surface area contributed by atoms with Crippen LogP contribution in [0.1, 0.15) is 41.5 Å². The van der Waals surface area contributed by atoms with Crippen LogP contribution in [-0.4, -0.2) is 33.8 Å². The molecule has 0 aliphatic rings. The SMILES string of the molecule is CC(C)(C)OC(=O)NC(=N)N(Cl)C(=O)OC(C)(C)C. The first kappa shape index (κ1) is 17.5. The van der Waals surface area contributed by atoms with Gasteiger partial charge in [0, 0.05) is 11.8 Å². The molecule has 2 N–H and O–H groups in total. The Hall–Kier alpha value is -1.50. The van der Waals surface area contributed by atoms with Crippen LogP contribution in [0.3, 0.4) is 0 Å². The normalized spacial score (nSPS) is 11.5. The minimum absolute atomic E-state index is 0.356. The minimum atomic E-state index is -0.963. The first-order valence-corrected chi connectivity index (χ1v) is 5.93. The lowest BCUT2D eigenvalue weighted by Gasteiger charge is -2.24. The van der Waals surface area contributed by atoms with Gasteiger partial charge in [-0.3, -0.25) is 10.7 Å². The van der Waals surface area contributed by atoms with Gasteiger partial charge in [0.1, 0.15) is 11.2 Å². The zero-order chi connectivity index (χ0) is 15.4. The summed E-state index contributed by atoms with van der Waals surface area (Å²) in [7, 11) is 0. The van der Waals surface area contributed by atoms with Crippen molar-refractivity contribution in [3.63, 3.8) is 0 Å². The molecule has 19 heavy (non-hydrogen) atoms. The Kier molecular flexibility index (Phi) is 5.62. The van der Waals surface area contributed by atoms with E-state index in [-0.39, 0.29) is 0 Å². The van der Waals surface area contributed by atoms with Gasteiger partial charge in [0.2, 0.25) is 5.96 Å². The second-order valence-electron chi connectivity index (χ2n) is 5.74. The van der Waals surface area contributed by atoms with Crippen molar-refractivity contribution in [1.29, 1.82) is 5.41 Å². The standard InChI is InChI=1S/C11H20ClN3O4/c1-10(2,3)18-8(16)14-7(13)15(12)9(17)19-11(4,5)6/h1-6H3,(H2,13,14,16). The maximum Gasteiger partial charge on any atom is 0.432 e. The maximum atomic E-state index is 11.5. The van der Waals surface area contributed by atoms with Crippen LogP contribution in [0, 0.1) is 5.41 Å². The lowest BCUT2D eigenvalue weighted by Crippen LogP contribution is -2.45. The second kappa shape index (κ2) is 6.10. The number of ether oxygens (including phenoxy) is 2. The molecule has 7 nitrogen and oxygen atoms in total. The van der Waals surface area contributed by atoms with Crippen molar-refractivity contribution in [2.24, 2.45) is 0 Å². The summed E-state index contributed by atoms with van der Waals surface area (Å²) < 4.78 is 10.2. The number of hydrogen-bond donors (Lipinski definition) is 2. The van der Waals surface area contributed by atoms with E-state index < -0.39 is 29.3 Å². The van der Waals surface area contributed by atoms with Crippen LogP contribution in [-0.2, 0) is 9.47 Å². The van der Waals surface area contributed by atoms with Crippen molar-refractivity contribution < 1.29 is 19.1 Å². The predicted molar refractivity (Wildman–Crippen MR) is 71.0 cm³/mol. The fourth-order valence-corrected chi connectivity index (χ4v) is 0.919. The summed E-state index contributed by atoms with van der Waals surface area (Å²) in [4.78, 5) is 22.9. The molecule has 0 aromatic carbocycles. The number of nitrogens with one attached hydrogen (secondary N) is 2. The highest BCUT2D eigenvalue weighted by Crippen LogP contribution is 2.11. The van der Waals surface area contributed by atoms with Crippen molar-refractivity contribution in [2.45, 2.75) is 52.7 Å². The molecule has 0 aliphatic heterocycles. The van der Waals surface area contributed by atoms with Gasteiger partial charge in [-0.1, -0.05) is 0 Å². The number of rotatable bonds is 0. The molecule has 2 amide bonds. The largest absolute Gasteiger partial charge is 0.444 e. The van der Waals surface area contributed by atoms with E-state index in [9.17, 15) is 9.59 Å². The summed E-state index contributed by atoms with van der Waals surface area (Å²) >= 11 is 5.57. The highest BCUT2D eigenvalue weighted by Gasteiger charge is 2.26. The van der Waals surface area contributed by atoms with E-state index in [0.29, 0.717) is 4.42 Å². The number of carbonyl (C=O) groups excluding carboxylic acids is 2. The molecule has 0 heterocycles. The van der Waals surface area contributed by atoms with E-state index in [1.807, 2.05) is 5.32 Å². The first-order chi connectivity index (χ1) is 8.32. The van der Waals surface area contributed by atoms with Crippen molar-refractivity contribution in [3.05, 3.63) is 0 Å². The van der Waals surface area contributed by atoms with Crippen LogP contribution in [0.5, 0.6) is 0 Å². The molecule has 0 radical (unpaired) electrons. The highest BCUT2D eigenvalue weighted by atomic mass is 35.5. The minimum Gasteiger partial charge on any atom is -0.444 e. The average Bonchev–Trinajstić information content (AvgIpc) is 2.10. The first-order valence-electron chi connectivity index (χ1n) is 5.59. The average molecular weight is 294 g/mol. The summed E-state index contributed by atoms with van der Waals surface area (Å²) in [5.41, 5.74) is -1.47. The molecular weight excluding hydrogens is 274 g/mol. The van der Waals surface area contributed by atoms with E-state index >= 15 is 0 Å². The van der Waals surface area contributed by atoms with Crippen LogP contribution in [0.15, 0.2) is 0 Å². The molecule has 0 aromatic rings. The van der Waals surface area contributed by atoms with Gasteiger partial charge in [-0.15, -0.1) is 0 Å². The summed E-state index contributed by atoms with van der Waals surface area (Å²) in [6, 6.07) is 0. The lowest BCUT2D eigenvalue weighted by molar-refractivity contribution is 0.0455. The van der Waals surface area contributed by atoms with Crippen LogP contribution < -0.4 is 5.32 Å². The molecule has 0 unspecified atom stereocenters. The molecule has 0 saturated carbocycles. The third-order valence-corrected chi connectivity index (χ3v) is 1.68. The third-order valence-electron chi connectivity index (χ3n) is 1.37. The topological polar surface area (TPSA) is 91.7 Å². The fourth-order valence-electron chi connectivity index (χ4n) is 0.843. The van der Waals surface area contributed by atoms with Gasteiger partial charge in [0.25, 0.3) is 0 Å². The molecule has 0 spiro atoms. The molecule has 0 saturated heterocycles. The quantitative estimate of drug-likeness (QED) is 0.408. The summed E-state index contributed by atoms with van der Waals surface area (Å²) in [5, 5.41) is 9.47. The number of nitrogens with zero attached hydrogens (tertiary/aromatic N) is 1. The van der Waals surface area contributed by atoms with Gasteiger partial charge in [-0.25, -0.2) is 9.59 Å². The van der Waals surface area contributed by atoms with E-state index in [4.69, 9.17) is 26.7 Å². The van der Waals surface area contributed by atoms with Crippen molar-refractivity contribution in [1.82, 2.24) is 9.74 Å². The van der Waals surface area contributed by atoms with Crippen LogP contribution in [0.2, 0.25) is 0 Å². The molecule has 8 heteroatoms. The van der Waals surface area contributed by atoms with Gasteiger partial charge < -0.3 is 9.47 Å². The van der Waals surface area contributed by atoms with E-state index in [2.05, 4.69) is 0 Å². The number of hydrogen-bond acceptors (Lipinski definition) is 5. The molecule has 0 fully saturated rings. The number of alkyl carbamates (subject to hydrolysis) is 1. The highest BCUT2D eigenvalue weighted by molar-refractivity contribution is 6.30. The molecule has 110 valence electrons. The van der Waals surface area contributed by atoms with Gasteiger partial charge in [-0.2, -0.15) is 4.42 Å². The fraction of sp³-hybridized carbons (Fsp3) is 0.727. The summed E-state index contributed by atoms with van der Waals surface area (Å²) in [6.07, 6.45) is -1.85. The Morgan fingerprint density at radius 2 is 1.47 bits per heavy atom. The van der Waals surface area contributed by atoms with E-state index in [1.165, 1.54) is 0 Å². The number of halogens is 1.